The third kappa shape index (κ3) is 34.1. The highest BCUT2D eigenvalue weighted by Gasteiger charge is 2.06. The second kappa shape index (κ2) is 34.2. The first-order valence-corrected chi connectivity index (χ1v) is 22.3. The number of ether oxygens (including phenoxy) is 3. The van der Waals surface area contributed by atoms with Gasteiger partial charge in [-0.2, -0.15) is 0 Å². The molecule has 0 amide bonds. The van der Waals surface area contributed by atoms with E-state index in [0.717, 1.165) is 10.8 Å². The summed E-state index contributed by atoms with van der Waals surface area (Å²) in [5.74, 6) is 2.03. The first-order valence-electron chi connectivity index (χ1n) is 10.8. The van der Waals surface area contributed by atoms with Crippen molar-refractivity contribution in [3.05, 3.63) is 0 Å². The van der Waals surface area contributed by atoms with Gasteiger partial charge >= 0.3 is 17.9 Å². The van der Waals surface area contributed by atoms with Crippen molar-refractivity contribution >= 4 is 136 Å². The maximum Gasteiger partial charge on any atom is 0.316 e. The number of rotatable bonds is 30. The average molecular weight is 743 g/mol. The molecule has 0 rings (SSSR count). The monoisotopic (exact) mass is 742 g/mol. The van der Waals surface area contributed by atoms with E-state index in [-0.39, 0.29) is 53.2 Å². The van der Waals surface area contributed by atoms with Crippen LogP contribution in [0.15, 0.2) is 0 Å². The van der Waals surface area contributed by atoms with E-state index < -0.39 is 0 Å². The maximum atomic E-state index is 11.7. The van der Waals surface area contributed by atoms with Crippen LogP contribution < -0.4 is 0 Å². The fourth-order valence-corrected chi connectivity index (χ4v) is 8.84. The lowest BCUT2D eigenvalue weighted by atomic mass is 10.8. The summed E-state index contributed by atoms with van der Waals surface area (Å²) in [6, 6.07) is 0. The molecule has 0 saturated carbocycles. The van der Waals surface area contributed by atoms with E-state index in [2.05, 4.69) is 0 Å². The molecule has 10 nitrogen and oxygen atoms in total. The lowest BCUT2D eigenvalue weighted by molar-refractivity contribution is -0.274. The Hall–Kier alpha value is 1.75. The summed E-state index contributed by atoms with van der Waals surface area (Å²) in [5, 5.41) is 20.7. The molecule has 0 aliphatic carbocycles. The predicted octanol–water partition coefficient (Wildman–Crippen LogP) is 4.41. The molecule has 0 aliphatic heterocycles. The van der Waals surface area contributed by atoms with E-state index in [1.807, 2.05) is 0 Å². The van der Waals surface area contributed by atoms with E-state index in [1.54, 1.807) is 11.8 Å². The zero-order valence-corrected chi connectivity index (χ0v) is 29.2. The molecule has 0 bridgehead atoms. The molecule has 39 heavy (non-hydrogen) atoms. The lowest BCUT2D eigenvalue weighted by Crippen LogP contribution is -2.09. The van der Waals surface area contributed by atoms with Gasteiger partial charge in [0, 0.05) is 31.2 Å². The van der Waals surface area contributed by atoms with Gasteiger partial charge in [-0.1, -0.05) is 0 Å². The van der Waals surface area contributed by atoms with Crippen molar-refractivity contribution < 1.29 is 48.6 Å². The van der Waals surface area contributed by atoms with Gasteiger partial charge in [-0.05, 0) is 0 Å². The van der Waals surface area contributed by atoms with Crippen LogP contribution in [-0.2, 0) is 38.4 Å². The number of thioether (sulfide) groups is 10. The van der Waals surface area contributed by atoms with Crippen LogP contribution in [0.5, 0.6) is 0 Å². The normalized spacial score (nSPS) is 10.9. The Kier molecular flexibility index (Phi) is 35.8. The zero-order chi connectivity index (χ0) is 28.7. The fourth-order valence-electron chi connectivity index (χ4n) is 1.61. The zero-order valence-electron chi connectivity index (χ0n) is 21.1. The van der Waals surface area contributed by atoms with Gasteiger partial charge in [-0.3, -0.25) is 14.4 Å². The topological polar surface area (TPSA) is 138 Å². The minimum absolute atomic E-state index is 0.0534. The van der Waals surface area contributed by atoms with Crippen molar-refractivity contribution in [1.82, 2.24) is 0 Å². The Balaban J connectivity index is 3.28. The number of aliphatic hydroxyl groups is 2. The van der Waals surface area contributed by atoms with Crippen LogP contribution in [0.2, 0.25) is 0 Å². The van der Waals surface area contributed by atoms with Crippen LogP contribution >= 0.6 is 118 Å². The van der Waals surface area contributed by atoms with Crippen molar-refractivity contribution in [2.75, 3.05) is 90.7 Å². The molecular formula is C19H34O10S10. The number of hydrogen-bond acceptors (Lipinski definition) is 20. The highest BCUT2D eigenvalue weighted by molar-refractivity contribution is 8.17. The van der Waals surface area contributed by atoms with Gasteiger partial charge in [-0.25, -0.2) is 9.78 Å². The summed E-state index contributed by atoms with van der Waals surface area (Å²) in [5.41, 5.74) is 0. The van der Waals surface area contributed by atoms with Crippen molar-refractivity contribution in [1.29, 1.82) is 0 Å². The number of carbonyl (C=O) groups excluding carboxylic acids is 3. The second-order valence-corrected chi connectivity index (χ2v) is 17.5. The third-order valence-electron chi connectivity index (χ3n) is 3.11. The van der Waals surface area contributed by atoms with Crippen molar-refractivity contribution in [3.8, 4) is 0 Å². The second-order valence-electron chi connectivity index (χ2n) is 5.99. The molecule has 230 valence electrons. The minimum atomic E-state index is -0.293. The Bertz CT molecular complexity index is 597. The maximum absolute atomic E-state index is 11.7. The van der Waals surface area contributed by atoms with Crippen LogP contribution in [0, 0.1) is 0 Å². The standard InChI is InChI=1S/C19H34O10S10/c20-6-34-14-36-8-25-17(22)3-31-12-30-2-1-28-29-11-39-16-38-10-27-19(24)5-33-13-32-4-18(23)26-9-37-15-35-7-21/h20-21H,1-16H2. The van der Waals surface area contributed by atoms with Gasteiger partial charge in [-0.15, -0.1) is 118 Å². The fraction of sp³-hybridized carbons (Fsp3) is 0.842. The van der Waals surface area contributed by atoms with Gasteiger partial charge in [0.05, 0.1) is 35.7 Å². The molecule has 0 aromatic rings. The molecule has 2 N–H and O–H groups in total. The van der Waals surface area contributed by atoms with Crippen molar-refractivity contribution in [2.24, 2.45) is 0 Å². The first-order chi connectivity index (χ1) is 19.1. The first kappa shape index (κ1) is 40.8. The van der Waals surface area contributed by atoms with Crippen LogP contribution in [0.1, 0.15) is 0 Å². The summed E-state index contributed by atoms with van der Waals surface area (Å²) in [7, 11) is 0. The molecule has 0 spiro atoms. The molecule has 0 aromatic heterocycles. The van der Waals surface area contributed by atoms with Gasteiger partial charge in [0.1, 0.15) is 23.8 Å². The van der Waals surface area contributed by atoms with Crippen molar-refractivity contribution in [2.45, 2.75) is 0 Å². The summed E-state index contributed by atoms with van der Waals surface area (Å²) in [6.07, 6.45) is 0. The van der Waals surface area contributed by atoms with E-state index in [1.165, 1.54) is 106 Å². The number of hydrogen-bond donors (Lipinski definition) is 2. The van der Waals surface area contributed by atoms with Crippen LogP contribution in [0.25, 0.3) is 0 Å². The van der Waals surface area contributed by atoms with E-state index >= 15 is 0 Å². The predicted molar refractivity (Wildman–Crippen MR) is 179 cm³/mol. The number of esters is 3. The van der Waals surface area contributed by atoms with E-state index in [0.29, 0.717) is 44.6 Å². The Morgan fingerprint density at radius 3 is 1.31 bits per heavy atom. The highest BCUT2D eigenvalue weighted by atomic mass is 32.2. The summed E-state index contributed by atoms with van der Waals surface area (Å²) in [6.45, 7) is 0.445. The average Bonchev–Trinajstić information content (AvgIpc) is 2.92. The van der Waals surface area contributed by atoms with Gasteiger partial charge in [0.2, 0.25) is 0 Å². The third-order valence-corrected chi connectivity index (χ3v) is 13.0. The largest absolute Gasteiger partial charge is 0.454 e. The molecule has 0 radical (unpaired) electrons. The smallest absolute Gasteiger partial charge is 0.316 e. The molecule has 0 fully saturated rings. The van der Waals surface area contributed by atoms with Crippen LogP contribution in [0.3, 0.4) is 0 Å². The summed E-state index contributed by atoms with van der Waals surface area (Å²) in [4.78, 5) is 44.9. The Morgan fingerprint density at radius 2 is 0.846 bits per heavy atom. The SMILES string of the molecule is O=C(CSCSCCOOCSCSCOC(=O)CSCSCC(=O)OCSCSCO)OCSCSCO. The summed E-state index contributed by atoms with van der Waals surface area (Å²) < 4.78 is 15.2. The molecule has 0 unspecified atom stereocenters. The molecular weight excluding hydrogens is 709 g/mol. The molecule has 0 aliphatic rings. The quantitative estimate of drug-likeness (QED) is 0.0268. The van der Waals surface area contributed by atoms with Gasteiger partial charge in [0.25, 0.3) is 0 Å². The van der Waals surface area contributed by atoms with Crippen molar-refractivity contribution in [3.63, 3.8) is 0 Å². The number of aliphatic hydroxyl groups excluding tert-OH is 2. The Labute approximate surface area is 272 Å². The summed E-state index contributed by atoms with van der Waals surface area (Å²) >= 11 is 14.5. The molecule has 0 heterocycles. The molecule has 0 saturated heterocycles. The van der Waals surface area contributed by atoms with Crippen LogP contribution in [-0.4, -0.2) is 119 Å². The van der Waals surface area contributed by atoms with Crippen LogP contribution in [0.4, 0.5) is 0 Å². The number of carbonyl (C=O) groups is 3. The molecule has 0 aromatic carbocycles. The molecule has 20 heteroatoms. The van der Waals surface area contributed by atoms with E-state index in [9.17, 15) is 14.4 Å². The van der Waals surface area contributed by atoms with Gasteiger partial charge in [0.15, 0.2) is 0 Å². The van der Waals surface area contributed by atoms with E-state index in [4.69, 9.17) is 34.2 Å². The molecule has 0 atom stereocenters. The Morgan fingerprint density at radius 1 is 0.462 bits per heavy atom. The van der Waals surface area contributed by atoms with Gasteiger partial charge < -0.3 is 24.4 Å². The lowest BCUT2D eigenvalue weighted by Gasteiger charge is -2.06. The minimum Gasteiger partial charge on any atom is -0.454 e. The highest BCUT2D eigenvalue weighted by Crippen LogP contribution is 2.17.